The van der Waals surface area contributed by atoms with Crippen LogP contribution in [0.3, 0.4) is 0 Å². The fourth-order valence-corrected chi connectivity index (χ4v) is 3.53. The van der Waals surface area contributed by atoms with Gasteiger partial charge in [0.1, 0.15) is 10.7 Å². The number of fused-ring (bicyclic) bond motifs is 1. The normalized spacial score (nSPS) is 21.8. The van der Waals surface area contributed by atoms with Crippen LogP contribution in [-0.2, 0) is 32.2 Å². The lowest BCUT2D eigenvalue weighted by Gasteiger charge is -2.25. The minimum atomic E-state index is -1.13. The zero-order valence-corrected chi connectivity index (χ0v) is 13.2. The van der Waals surface area contributed by atoms with Crippen molar-refractivity contribution in [3.63, 3.8) is 0 Å². The van der Waals surface area contributed by atoms with Gasteiger partial charge in [0.2, 0.25) is 5.91 Å². The summed E-state index contributed by atoms with van der Waals surface area (Å²) in [6, 6.07) is 0. The number of aromatic nitrogens is 2. The van der Waals surface area contributed by atoms with Crippen molar-refractivity contribution in [1.29, 1.82) is 0 Å². The number of rotatable bonds is 2. The van der Waals surface area contributed by atoms with Crippen molar-refractivity contribution in [2.75, 3.05) is 24.3 Å². The minimum Gasteiger partial charge on any atom is -0.380 e. The first-order valence-corrected chi connectivity index (χ1v) is 8.36. The second-order valence-corrected chi connectivity index (χ2v) is 7.95. The van der Waals surface area contributed by atoms with E-state index in [0.717, 1.165) is 5.69 Å². The molecule has 0 spiro atoms. The van der Waals surface area contributed by atoms with E-state index in [1.54, 1.807) is 0 Å². The van der Waals surface area contributed by atoms with Gasteiger partial charge in [0.25, 0.3) is 0 Å². The molecule has 1 atom stereocenters. The Balaban J connectivity index is 1.98. The standard InChI is InChI=1S/C14H19N3O3S/c1-14(2,3)13-15-9-4-5-21(19)10(9)11(17-13)16-12(18)8-6-20-7-8/h8H,4-7H2,1-3H3,(H,15,16,17,18). The number of hydrogen-bond acceptors (Lipinski definition) is 5. The molecular weight excluding hydrogens is 290 g/mol. The second-order valence-electron chi connectivity index (χ2n) is 6.44. The summed E-state index contributed by atoms with van der Waals surface area (Å²) < 4.78 is 17.2. The molecule has 21 heavy (non-hydrogen) atoms. The molecule has 2 aliphatic heterocycles. The molecule has 3 heterocycles. The molecule has 2 aliphatic rings. The van der Waals surface area contributed by atoms with Gasteiger partial charge < -0.3 is 10.1 Å². The quantitative estimate of drug-likeness (QED) is 0.882. The Kier molecular flexibility index (Phi) is 3.57. The maximum Gasteiger partial charge on any atom is 0.233 e. The van der Waals surface area contributed by atoms with E-state index in [2.05, 4.69) is 15.3 Å². The predicted molar refractivity (Wildman–Crippen MR) is 78.7 cm³/mol. The molecular formula is C14H19N3O3S. The number of carbonyl (C=O) groups excluding carboxylic acids is 1. The van der Waals surface area contributed by atoms with Crippen LogP contribution < -0.4 is 5.32 Å². The van der Waals surface area contributed by atoms with Crippen LogP contribution in [0.25, 0.3) is 0 Å². The summed E-state index contributed by atoms with van der Waals surface area (Å²) in [7, 11) is -1.13. The van der Waals surface area contributed by atoms with Crippen LogP contribution in [0.2, 0.25) is 0 Å². The summed E-state index contributed by atoms with van der Waals surface area (Å²) in [5.41, 5.74) is 0.575. The van der Waals surface area contributed by atoms with Crippen molar-refractivity contribution in [2.45, 2.75) is 37.5 Å². The molecule has 1 amide bonds. The van der Waals surface area contributed by atoms with E-state index in [1.807, 2.05) is 20.8 Å². The molecule has 114 valence electrons. The Morgan fingerprint density at radius 3 is 2.62 bits per heavy atom. The summed E-state index contributed by atoms with van der Waals surface area (Å²) in [4.78, 5) is 21.7. The lowest BCUT2D eigenvalue weighted by Crippen LogP contribution is -2.39. The first-order chi connectivity index (χ1) is 9.86. The van der Waals surface area contributed by atoms with Gasteiger partial charge in [-0.05, 0) is 0 Å². The van der Waals surface area contributed by atoms with Crippen LogP contribution in [0, 0.1) is 5.92 Å². The predicted octanol–water partition coefficient (Wildman–Crippen LogP) is 1.02. The third kappa shape index (κ3) is 2.72. The molecule has 0 aliphatic carbocycles. The first-order valence-electron chi connectivity index (χ1n) is 7.04. The van der Waals surface area contributed by atoms with Gasteiger partial charge in [-0.15, -0.1) is 0 Å². The van der Waals surface area contributed by atoms with Crippen LogP contribution in [0.4, 0.5) is 5.82 Å². The zero-order valence-electron chi connectivity index (χ0n) is 12.4. The van der Waals surface area contributed by atoms with E-state index < -0.39 is 10.8 Å². The van der Waals surface area contributed by atoms with Gasteiger partial charge in [0.15, 0.2) is 5.82 Å². The van der Waals surface area contributed by atoms with Gasteiger partial charge in [0.05, 0.1) is 35.6 Å². The summed E-state index contributed by atoms with van der Waals surface area (Å²) >= 11 is 0. The van der Waals surface area contributed by atoms with E-state index in [0.29, 0.717) is 41.9 Å². The summed E-state index contributed by atoms with van der Waals surface area (Å²) in [6.45, 7) is 6.94. The summed E-state index contributed by atoms with van der Waals surface area (Å²) in [5.74, 6) is 1.37. The topological polar surface area (TPSA) is 81.2 Å². The van der Waals surface area contributed by atoms with Gasteiger partial charge in [-0.25, -0.2) is 9.97 Å². The number of hydrogen-bond donors (Lipinski definition) is 1. The van der Waals surface area contributed by atoms with E-state index in [4.69, 9.17) is 4.74 Å². The summed E-state index contributed by atoms with van der Waals surface area (Å²) in [5, 5.41) is 2.82. The average molecular weight is 309 g/mol. The average Bonchev–Trinajstić information content (AvgIpc) is 2.67. The third-order valence-corrected chi connectivity index (χ3v) is 5.07. The van der Waals surface area contributed by atoms with Gasteiger partial charge in [-0.1, -0.05) is 20.8 Å². The fraction of sp³-hybridized carbons (Fsp3) is 0.643. The van der Waals surface area contributed by atoms with Gasteiger partial charge in [0, 0.05) is 17.6 Å². The van der Waals surface area contributed by atoms with Gasteiger partial charge >= 0.3 is 0 Å². The number of ether oxygens (including phenoxy) is 1. The van der Waals surface area contributed by atoms with Crippen LogP contribution in [0.1, 0.15) is 32.3 Å². The first kappa shape index (κ1) is 14.6. The number of nitrogens with zero attached hydrogens (tertiary/aromatic N) is 2. The number of anilines is 1. The molecule has 6 nitrogen and oxygen atoms in total. The number of amides is 1. The third-order valence-electron chi connectivity index (χ3n) is 3.61. The lowest BCUT2D eigenvalue weighted by atomic mass is 9.95. The molecule has 0 saturated carbocycles. The number of aryl methyl sites for hydroxylation is 1. The van der Waals surface area contributed by atoms with E-state index in [-0.39, 0.29) is 17.2 Å². The molecule has 1 fully saturated rings. The molecule has 1 N–H and O–H groups in total. The maximum atomic E-state index is 12.1. The van der Waals surface area contributed by atoms with Crippen molar-refractivity contribution >= 4 is 22.5 Å². The Morgan fingerprint density at radius 1 is 1.33 bits per heavy atom. The smallest absolute Gasteiger partial charge is 0.233 e. The SMILES string of the molecule is CC(C)(C)c1nc2c(c(NC(=O)C3COC3)n1)S(=O)CC2. The molecule has 1 saturated heterocycles. The van der Waals surface area contributed by atoms with E-state index >= 15 is 0 Å². The largest absolute Gasteiger partial charge is 0.380 e. The molecule has 0 radical (unpaired) electrons. The van der Waals surface area contributed by atoms with Crippen LogP contribution >= 0.6 is 0 Å². The van der Waals surface area contributed by atoms with E-state index in [9.17, 15) is 9.00 Å². The van der Waals surface area contributed by atoms with Crippen LogP contribution in [0.15, 0.2) is 4.90 Å². The second kappa shape index (κ2) is 5.14. The Bertz CT molecular complexity index is 621. The number of carbonyl (C=O) groups is 1. The van der Waals surface area contributed by atoms with E-state index in [1.165, 1.54) is 0 Å². The van der Waals surface area contributed by atoms with Crippen LogP contribution in [0.5, 0.6) is 0 Å². The van der Waals surface area contributed by atoms with Crippen molar-refractivity contribution in [1.82, 2.24) is 9.97 Å². The van der Waals surface area contributed by atoms with Gasteiger partial charge in [-0.3, -0.25) is 9.00 Å². The zero-order chi connectivity index (χ0) is 15.2. The van der Waals surface area contributed by atoms with Crippen molar-refractivity contribution in [3.05, 3.63) is 11.5 Å². The highest BCUT2D eigenvalue weighted by atomic mass is 32.2. The number of nitrogens with one attached hydrogen (secondary N) is 1. The molecule has 1 aromatic rings. The molecule has 1 unspecified atom stereocenters. The fourth-order valence-electron chi connectivity index (χ4n) is 2.22. The molecule has 1 aromatic heterocycles. The highest BCUT2D eigenvalue weighted by Crippen LogP contribution is 2.31. The Hall–Kier alpha value is -1.34. The molecule has 0 aromatic carbocycles. The van der Waals surface area contributed by atoms with Crippen molar-refractivity contribution in [2.24, 2.45) is 5.92 Å². The highest BCUT2D eigenvalue weighted by Gasteiger charge is 2.32. The van der Waals surface area contributed by atoms with Gasteiger partial charge in [-0.2, -0.15) is 0 Å². The maximum absolute atomic E-state index is 12.1. The lowest BCUT2D eigenvalue weighted by molar-refractivity contribution is -0.133. The summed E-state index contributed by atoms with van der Waals surface area (Å²) in [6.07, 6.45) is 0.670. The minimum absolute atomic E-state index is 0.120. The Morgan fingerprint density at radius 2 is 2.05 bits per heavy atom. The Labute approximate surface area is 126 Å². The molecule has 3 rings (SSSR count). The van der Waals surface area contributed by atoms with Crippen LogP contribution in [-0.4, -0.2) is 39.1 Å². The van der Waals surface area contributed by atoms with Crippen molar-refractivity contribution in [3.8, 4) is 0 Å². The van der Waals surface area contributed by atoms with Crippen molar-refractivity contribution < 1.29 is 13.7 Å². The monoisotopic (exact) mass is 309 g/mol. The molecule has 0 bridgehead atoms. The molecule has 7 heteroatoms. The highest BCUT2D eigenvalue weighted by molar-refractivity contribution is 7.85.